The molecule has 0 saturated carbocycles. The summed E-state index contributed by atoms with van der Waals surface area (Å²) in [4.78, 5) is 5.09. The SMILES string of the molecule is CC(C)(C)c1cc2c3c(c1)N(c1ccccc1)c1c(oc4c1CCCC4)B3c1ccc(-c3cccc4c3C(C)(C)c3ccccc3-4)cc1N2c1ccccc1. The minimum atomic E-state index is -0.118. The Labute approximate surface area is 325 Å². The Kier molecular flexibility index (Phi) is 6.91. The summed E-state index contributed by atoms with van der Waals surface area (Å²) in [6.45, 7) is 11.8. The maximum atomic E-state index is 7.20. The molecule has 0 amide bonds. The van der Waals surface area contributed by atoms with Crippen LogP contribution in [-0.2, 0) is 23.7 Å². The first kappa shape index (κ1) is 32.7. The van der Waals surface area contributed by atoms with Crippen LogP contribution in [0.15, 0.2) is 138 Å². The van der Waals surface area contributed by atoms with Gasteiger partial charge in [-0.1, -0.05) is 126 Å². The summed E-state index contributed by atoms with van der Waals surface area (Å²) in [6, 6.07) is 50.1. The van der Waals surface area contributed by atoms with Crippen LogP contribution in [0.1, 0.15) is 75.5 Å². The van der Waals surface area contributed by atoms with Crippen molar-refractivity contribution in [3.05, 3.63) is 161 Å². The van der Waals surface area contributed by atoms with Gasteiger partial charge in [-0.15, -0.1) is 0 Å². The summed E-state index contributed by atoms with van der Waals surface area (Å²) in [5, 5.41) is 0. The number of hydrogen-bond donors (Lipinski definition) is 0. The Morgan fingerprint density at radius 3 is 2.00 bits per heavy atom. The van der Waals surface area contributed by atoms with E-state index in [1.54, 1.807) is 0 Å². The molecule has 268 valence electrons. The number of fused-ring (bicyclic) bond motifs is 9. The Balaban J connectivity index is 1.22. The summed E-state index contributed by atoms with van der Waals surface area (Å²) in [5.74, 6) is 1.17. The van der Waals surface area contributed by atoms with E-state index in [-0.39, 0.29) is 17.5 Å². The number of benzene rings is 6. The van der Waals surface area contributed by atoms with Crippen LogP contribution >= 0.6 is 0 Å². The molecule has 3 heterocycles. The summed E-state index contributed by atoms with van der Waals surface area (Å²) in [6.07, 6.45) is 4.40. The fourth-order valence-electron chi connectivity index (χ4n) is 10.3. The molecule has 6 aromatic carbocycles. The second-order valence-corrected chi connectivity index (χ2v) is 17.5. The molecule has 0 radical (unpaired) electrons. The average Bonchev–Trinajstić information content (AvgIpc) is 3.70. The van der Waals surface area contributed by atoms with Crippen molar-refractivity contribution in [2.75, 3.05) is 9.80 Å². The first-order valence-corrected chi connectivity index (χ1v) is 20.1. The molecule has 55 heavy (non-hydrogen) atoms. The van der Waals surface area contributed by atoms with Crippen molar-refractivity contribution in [2.24, 2.45) is 0 Å². The van der Waals surface area contributed by atoms with Crippen molar-refractivity contribution in [1.29, 1.82) is 0 Å². The molecule has 3 nitrogen and oxygen atoms in total. The van der Waals surface area contributed by atoms with Crippen molar-refractivity contribution in [1.82, 2.24) is 0 Å². The van der Waals surface area contributed by atoms with Gasteiger partial charge in [-0.3, -0.25) is 0 Å². The molecule has 4 heteroatoms. The summed E-state index contributed by atoms with van der Waals surface area (Å²) < 4.78 is 7.20. The van der Waals surface area contributed by atoms with Gasteiger partial charge in [0.15, 0.2) is 0 Å². The minimum absolute atomic E-state index is 0.0363. The Hall–Kier alpha value is -5.74. The molecule has 0 bridgehead atoms. The molecule has 0 saturated heterocycles. The first-order chi connectivity index (χ1) is 26.7. The molecule has 0 fully saturated rings. The molecule has 11 rings (SSSR count). The molecule has 1 aromatic heterocycles. The van der Waals surface area contributed by atoms with Gasteiger partial charge in [0.05, 0.1) is 11.3 Å². The number of para-hydroxylation sites is 2. The fraction of sp³-hybridized carbons (Fsp3) is 0.216. The van der Waals surface area contributed by atoms with Gasteiger partial charge in [0.25, 0.3) is 6.71 Å². The molecule has 2 aliphatic carbocycles. The van der Waals surface area contributed by atoms with Gasteiger partial charge in [0, 0.05) is 45.8 Å². The van der Waals surface area contributed by atoms with Gasteiger partial charge in [-0.25, -0.2) is 0 Å². The number of rotatable bonds is 3. The number of aryl methyl sites for hydroxylation is 1. The second-order valence-electron chi connectivity index (χ2n) is 17.5. The molecule has 0 unspecified atom stereocenters. The maximum absolute atomic E-state index is 7.20. The lowest BCUT2D eigenvalue weighted by atomic mass is 9.35. The molecule has 0 N–H and O–H groups in total. The number of nitrogens with zero attached hydrogens (tertiary/aromatic N) is 2. The van der Waals surface area contributed by atoms with Crippen molar-refractivity contribution in [3.63, 3.8) is 0 Å². The summed E-state index contributed by atoms with van der Waals surface area (Å²) >= 11 is 0. The second kappa shape index (κ2) is 11.6. The molecular weight excluding hydrogens is 667 g/mol. The van der Waals surface area contributed by atoms with Crippen LogP contribution in [0.5, 0.6) is 0 Å². The van der Waals surface area contributed by atoms with E-state index in [0.717, 1.165) is 24.2 Å². The standard InChI is InChI=1S/C51H45BN2O/c1-50(2,3)33-30-43-47-44(31-33)54(35-19-10-7-11-20-35)48-39-22-13-15-26-45(39)55-49(48)52(47)41-28-27-32(29-42(41)53(43)34-17-8-6-9-18-34)36-23-16-24-38-37-21-12-14-25-40(37)51(4,5)46(36)38/h6-12,14,16-21,23-25,27-31H,13,15,22,26H2,1-5H3. The van der Waals surface area contributed by atoms with Gasteiger partial charge in [0.1, 0.15) is 5.76 Å². The summed E-state index contributed by atoms with van der Waals surface area (Å²) in [5.41, 5.74) is 21.6. The van der Waals surface area contributed by atoms with E-state index in [1.165, 1.54) is 102 Å². The van der Waals surface area contributed by atoms with Crippen LogP contribution in [0, 0.1) is 0 Å². The highest BCUT2D eigenvalue weighted by molar-refractivity contribution is 6.99. The third-order valence-electron chi connectivity index (χ3n) is 12.9. The highest BCUT2D eigenvalue weighted by atomic mass is 16.3. The topological polar surface area (TPSA) is 19.6 Å². The quantitative estimate of drug-likeness (QED) is 0.170. The van der Waals surface area contributed by atoms with Crippen molar-refractivity contribution >= 4 is 57.4 Å². The van der Waals surface area contributed by atoms with Crippen LogP contribution < -0.4 is 26.4 Å². The zero-order chi connectivity index (χ0) is 37.2. The third kappa shape index (κ3) is 4.64. The van der Waals surface area contributed by atoms with Crippen molar-refractivity contribution < 1.29 is 4.42 Å². The highest BCUT2D eigenvalue weighted by Crippen LogP contribution is 2.53. The monoisotopic (exact) mass is 712 g/mol. The summed E-state index contributed by atoms with van der Waals surface area (Å²) in [7, 11) is 0. The molecule has 2 aliphatic heterocycles. The van der Waals surface area contributed by atoms with E-state index in [4.69, 9.17) is 4.42 Å². The van der Waals surface area contributed by atoms with E-state index >= 15 is 0 Å². The Morgan fingerprint density at radius 2 is 1.25 bits per heavy atom. The number of furan rings is 1. The van der Waals surface area contributed by atoms with E-state index in [2.05, 4.69) is 178 Å². The van der Waals surface area contributed by atoms with Gasteiger partial charge in [-0.05, 0) is 117 Å². The third-order valence-corrected chi connectivity index (χ3v) is 12.9. The highest BCUT2D eigenvalue weighted by Gasteiger charge is 2.48. The molecular formula is C51H45BN2O. The molecule has 0 spiro atoms. The smallest absolute Gasteiger partial charge is 0.297 e. The van der Waals surface area contributed by atoms with E-state index in [0.29, 0.717) is 0 Å². The lowest BCUT2D eigenvalue weighted by Gasteiger charge is -2.44. The lowest BCUT2D eigenvalue weighted by molar-refractivity contribution is 0.497. The van der Waals surface area contributed by atoms with Gasteiger partial charge < -0.3 is 14.2 Å². The molecule has 4 aliphatic rings. The van der Waals surface area contributed by atoms with Crippen LogP contribution in [0.2, 0.25) is 0 Å². The maximum Gasteiger partial charge on any atom is 0.297 e. The lowest BCUT2D eigenvalue weighted by Crippen LogP contribution is -2.61. The van der Waals surface area contributed by atoms with E-state index in [9.17, 15) is 0 Å². The van der Waals surface area contributed by atoms with Gasteiger partial charge >= 0.3 is 0 Å². The van der Waals surface area contributed by atoms with Crippen molar-refractivity contribution in [3.8, 4) is 22.3 Å². The first-order valence-electron chi connectivity index (χ1n) is 20.1. The predicted molar refractivity (Wildman–Crippen MR) is 231 cm³/mol. The fourth-order valence-corrected chi connectivity index (χ4v) is 10.3. The zero-order valence-corrected chi connectivity index (χ0v) is 32.4. The van der Waals surface area contributed by atoms with Gasteiger partial charge in [-0.2, -0.15) is 0 Å². The zero-order valence-electron chi connectivity index (χ0n) is 32.4. The van der Waals surface area contributed by atoms with Crippen LogP contribution in [-0.4, -0.2) is 6.71 Å². The average molecular weight is 713 g/mol. The Morgan fingerprint density at radius 1 is 0.618 bits per heavy atom. The normalized spacial score (nSPS) is 15.8. The predicted octanol–water partition coefficient (Wildman–Crippen LogP) is 11.5. The molecule has 7 aromatic rings. The van der Waals surface area contributed by atoms with Gasteiger partial charge in [0.2, 0.25) is 0 Å². The van der Waals surface area contributed by atoms with Crippen molar-refractivity contribution in [2.45, 2.75) is 71.1 Å². The molecule has 0 atom stereocenters. The van der Waals surface area contributed by atoms with Crippen LogP contribution in [0.3, 0.4) is 0 Å². The Bertz CT molecular complexity index is 2680. The van der Waals surface area contributed by atoms with Crippen LogP contribution in [0.4, 0.5) is 34.1 Å². The van der Waals surface area contributed by atoms with Crippen LogP contribution in [0.25, 0.3) is 22.3 Å². The van der Waals surface area contributed by atoms with E-state index < -0.39 is 0 Å². The minimum Gasteiger partial charge on any atom is -0.473 e. The number of anilines is 6. The largest absolute Gasteiger partial charge is 0.473 e. The van der Waals surface area contributed by atoms with E-state index in [1.807, 2.05) is 0 Å². The number of hydrogen-bond acceptors (Lipinski definition) is 3.